The minimum Gasteiger partial charge on any atom is -0.341 e. The van der Waals surface area contributed by atoms with Crippen molar-refractivity contribution in [2.75, 3.05) is 0 Å². The van der Waals surface area contributed by atoms with Crippen molar-refractivity contribution in [3.05, 3.63) is 91.7 Å². The number of nitrogens with zero attached hydrogens (tertiary/aromatic N) is 2. The van der Waals surface area contributed by atoms with Crippen LogP contribution in [0.25, 0.3) is 73.6 Å². The zero-order valence-corrected chi connectivity index (χ0v) is 28.6. The number of allylic oxidation sites excluding steroid dienone is 2. The number of carbonyl (C=O) groups excluding carboxylic acids is 4. The standard InChI is InChI=1S/C36H14F4N2O4S4/c1-41-21-9-13(7-17-15-3-11(37)5-19(39)23(15)29(45)27(17)43)47-31(21)33-25(41)35-36(49-33)26-34(50-35)32-22(42(26)2)10-14(48-32)8-18-16-4-12(38)6-20(40)24(16)30(46)28(18)44/h3-10H,1-2H3/b17-7-,18-8-. The molecule has 2 aliphatic carbocycles. The van der Waals surface area contributed by atoms with E-state index in [1.807, 2.05) is 26.2 Å². The van der Waals surface area contributed by atoms with E-state index in [0.29, 0.717) is 21.9 Å². The second-order valence-electron chi connectivity index (χ2n) is 12.1. The number of hydrogen-bond donors (Lipinski definition) is 0. The van der Waals surface area contributed by atoms with Gasteiger partial charge >= 0.3 is 0 Å². The van der Waals surface area contributed by atoms with Gasteiger partial charge in [-0.25, -0.2) is 17.6 Å². The van der Waals surface area contributed by atoms with Crippen molar-refractivity contribution in [1.82, 2.24) is 9.13 Å². The smallest absolute Gasteiger partial charge is 0.237 e. The highest BCUT2D eigenvalue weighted by atomic mass is 32.1. The van der Waals surface area contributed by atoms with E-state index in [0.717, 1.165) is 62.4 Å². The second kappa shape index (κ2) is 9.82. The van der Waals surface area contributed by atoms with Crippen LogP contribution in [0.15, 0.2) is 36.4 Å². The Morgan fingerprint density at radius 1 is 0.500 bits per heavy atom. The molecule has 6 aromatic heterocycles. The van der Waals surface area contributed by atoms with Crippen molar-refractivity contribution in [3.8, 4) is 0 Å². The number of aromatic nitrogens is 2. The Morgan fingerprint density at radius 2 is 0.880 bits per heavy atom. The average Bonchev–Trinajstić information content (AvgIpc) is 3.91. The summed E-state index contributed by atoms with van der Waals surface area (Å²) in [6, 6.07) is 7.01. The topological polar surface area (TPSA) is 78.1 Å². The van der Waals surface area contributed by atoms with Crippen LogP contribution in [0.2, 0.25) is 0 Å². The number of halogens is 4. The highest BCUT2D eigenvalue weighted by Gasteiger charge is 2.38. The number of fused-ring (bicyclic) bond motifs is 11. The van der Waals surface area contributed by atoms with E-state index in [1.165, 1.54) is 34.8 Å². The van der Waals surface area contributed by atoms with Gasteiger partial charge in [0.1, 0.15) is 23.3 Å². The fourth-order valence-electron chi connectivity index (χ4n) is 7.16. The molecule has 2 aliphatic rings. The normalized spacial score (nSPS) is 16.4. The van der Waals surface area contributed by atoms with Crippen LogP contribution in [0.1, 0.15) is 41.6 Å². The predicted octanol–water partition coefficient (Wildman–Crippen LogP) is 9.54. The number of Topliss-reactive ketones (excluding diaryl/α,β-unsaturated/α-hetero) is 4. The first-order valence-corrected chi connectivity index (χ1v) is 18.1. The summed E-state index contributed by atoms with van der Waals surface area (Å²) in [6.45, 7) is 0. The van der Waals surface area contributed by atoms with Gasteiger partial charge in [-0.1, -0.05) is 0 Å². The van der Waals surface area contributed by atoms with Crippen LogP contribution in [-0.2, 0) is 23.7 Å². The van der Waals surface area contributed by atoms with Gasteiger partial charge in [-0.15, -0.1) is 45.3 Å². The lowest BCUT2D eigenvalue weighted by Gasteiger charge is -2.00. The summed E-state index contributed by atoms with van der Waals surface area (Å²) in [7, 11) is 3.90. The third kappa shape index (κ3) is 3.71. The Morgan fingerprint density at radius 3 is 1.28 bits per heavy atom. The largest absolute Gasteiger partial charge is 0.341 e. The Balaban J connectivity index is 1.10. The third-order valence-corrected chi connectivity index (χ3v) is 14.3. The van der Waals surface area contributed by atoms with Gasteiger partial charge in [0.05, 0.1) is 61.4 Å². The minimum absolute atomic E-state index is 0.0357. The molecular formula is C36H14F4N2O4S4. The molecule has 0 N–H and O–H groups in total. The molecule has 6 nitrogen and oxygen atoms in total. The molecule has 2 aromatic carbocycles. The van der Waals surface area contributed by atoms with Crippen LogP contribution in [0, 0.1) is 23.3 Å². The number of benzene rings is 2. The molecular weight excluding hydrogens is 729 g/mol. The van der Waals surface area contributed by atoms with Crippen LogP contribution >= 0.6 is 45.3 Å². The van der Waals surface area contributed by atoms with Crippen molar-refractivity contribution in [3.63, 3.8) is 0 Å². The number of rotatable bonds is 2. The summed E-state index contributed by atoms with van der Waals surface area (Å²) in [5.74, 6) is -7.57. The van der Waals surface area contributed by atoms with Gasteiger partial charge in [0.15, 0.2) is 0 Å². The summed E-state index contributed by atoms with van der Waals surface area (Å²) < 4.78 is 67.3. The highest BCUT2D eigenvalue weighted by molar-refractivity contribution is 7.40. The number of hydrogen-bond acceptors (Lipinski definition) is 8. The molecule has 0 saturated heterocycles. The SMILES string of the molecule is Cn1c2cc(/C=C3\C(=O)C(=O)c4c(F)cc(F)cc43)sc2c2sc3c(sc4c5sc(/C=C6\C(=O)C(=O)c7c(F)cc(F)cc76)cc5n(C)c43)c21. The van der Waals surface area contributed by atoms with Gasteiger partial charge in [0.2, 0.25) is 23.1 Å². The average molecular weight is 743 g/mol. The maximum atomic E-state index is 14.4. The lowest BCUT2D eigenvalue weighted by Crippen LogP contribution is -2.07. The fourth-order valence-corrected chi connectivity index (χ4v) is 12.7. The third-order valence-electron chi connectivity index (χ3n) is 9.36. The van der Waals surface area contributed by atoms with E-state index in [1.54, 1.807) is 22.7 Å². The molecule has 0 aliphatic heterocycles. The summed E-state index contributed by atoms with van der Waals surface area (Å²) in [5, 5.41) is 0. The number of carbonyl (C=O) groups is 4. The first-order chi connectivity index (χ1) is 23.9. The van der Waals surface area contributed by atoms with Crippen LogP contribution in [-0.4, -0.2) is 32.3 Å². The summed E-state index contributed by atoms with van der Waals surface area (Å²) in [6.07, 6.45) is 3.04. The van der Waals surface area contributed by atoms with E-state index in [2.05, 4.69) is 9.13 Å². The van der Waals surface area contributed by atoms with Gasteiger partial charge in [0.25, 0.3) is 0 Å². The molecule has 14 heteroatoms. The molecule has 8 aromatic rings. The van der Waals surface area contributed by atoms with E-state index in [4.69, 9.17) is 0 Å². The van der Waals surface area contributed by atoms with Gasteiger partial charge in [-0.2, -0.15) is 0 Å². The molecule has 0 saturated carbocycles. The Bertz CT molecular complexity index is 2880. The fraction of sp³-hybridized carbons (Fsp3) is 0.0556. The summed E-state index contributed by atoms with van der Waals surface area (Å²) in [5.41, 5.74) is 2.92. The van der Waals surface area contributed by atoms with E-state index < -0.39 is 57.5 Å². The van der Waals surface area contributed by atoms with Crippen molar-refractivity contribution in [2.45, 2.75) is 0 Å². The molecule has 10 rings (SSSR count). The molecule has 50 heavy (non-hydrogen) atoms. The first kappa shape index (κ1) is 29.9. The van der Waals surface area contributed by atoms with Gasteiger partial charge in [0, 0.05) is 58.3 Å². The molecule has 244 valence electrons. The van der Waals surface area contributed by atoms with Crippen molar-refractivity contribution < 1.29 is 36.7 Å². The zero-order valence-electron chi connectivity index (χ0n) is 25.3. The van der Waals surface area contributed by atoms with Crippen LogP contribution < -0.4 is 0 Å². The van der Waals surface area contributed by atoms with E-state index in [9.17, 15) is 36.7 Å². The van der Waals surface area contributed by atoms with Crippen LogP contribution in [0.4, 0.5) is 17.6 Å². The Hall–Kier alpha value is -5.02. The number of thiophene rings is 4. The molecule has 0 amide bonds. The summed E-state index contributed by atoms with van der Waals surface area (Å²) in [4.78, 5) is 52.0. The zero-order chi connectivity index (χ0) is 34.7. The lowest BCUT2D eigenvalue weighted by molar-refractivity contribution is -0.110. The molecule has 6 heterocycles. The van der Waals surface area contributed by atoms with Crippen molar-refractivity contribution in [1.29, 1.82) is 0 Å². The second-order valence-corrected chi connectivity index (χ2v) is 16.3. The summed E-state index contributed by atoms with van der Waals surface area (Å²) >= 11 is 6.12. The minimum atomic E-state index is -1.06. The van der Waals surface area contributed by atoms with Crippen molar-refractivity contribution >= 4 is 142 Å². The highest BCUT2D eigenvalue weighted by Crippen LogP contribution is 2.52. The molecule has 0 fully saturated rings. The monoisotopic (exact) mass is 742 g/mol. The van der Waals surface area contributed by atoms with E-state index in [-0.39, 0.29) is 22.3 Å². The molecule has 0 spiro atoms. The van der Waals surface area contributed by atoms with Gasteiger partial charge in [-0.05, 0) is 36.4 Å². The molecule has 0 radical (unpaired) electrons. The quantitative estimate of drug-likeness (QED) is 0.100. The van der Waals surface area contributed by atoms with Crippen LogP contribution in [0.3, 0.4) is 0 Å². The van der Waals surface area contributed by atoms with Crippen LogP contribution in [0.5, 0.6) is 0 Å². The number of aryl methyl sites for hydroxylation is 2. The lowest BCUT2D eigenvalue weighted by atomic mass is 10.1. The first-order valence-electron chi connectivity index (χ1n) is 14.9. The van der Waals surface area contributed by atoms with Gasteiger partial charge < -0.3 is 9.13 Å². The maximum Gasteiger partial charge on any atom is 0.237 e. The molecule has 0 unspecified atom stereocenters. The Kier molecular flexibility index (Phi) is 5.86. The maximum absolute atomic E-state index is 14.4. The number of ketones is 4. The van der Waals surface area contributed by atoms with Crippen molar-refractivity contribution in [2.24, 2.45) is 14.1 Å². The molecule has 0 atom stereocenters. The van der Waals surface area contributed by atoms with Gasteiger partial charge in [-0.3, -0.25) is 19.2 Å². The van der Waals surface area contributed by atoms with E-state index >= 15 is 0 Å². The predicted molar refractivity (Wildman–Crippen MR) is 191 cm³/mol. The molecule has 0 bridgehead atoms. The Labute approximate surface area is 292 Å².